The molecule has 0 aromatic heterocycles. The summed E-state index contributed by atoms with van der Waals surface area (Å²) in [6.07, 6.45) is 10.0. The van der Waals surface area contributed by atoms with Crippen LogP contribution in [0.4, 0.5) is 0 Å². The average molecular weight is 360 g/mol. The van der Waals surface area contributed by atoms with Gasteiger partial charge in [0.05, 0.1) is 18.1 Å². The Morgan fingerprint density at radius 1 is 1.35 bits per heavy atom. The van der Waals surface area contributed by atoms with Gasteiger partial charge in [0.25, 0.3) is 0 Å². The molecule has 0 unspecified atom stereocenters. The normalized spacial score (nSPS) is 52.7. The number of hydrogen-bond acceptors (Lipinski definition) is 3. The number of carboxylic acids is 1. The van der Waals surface area contributed by atoms with E-state index in [0.717, 1.165) is 19.3 Å². The van der Waals surface area contributed by atoms with Gasteiger partial charge in [-0.05, 0) is 49.9 Å². The maximum atomic E-state index is 11.4. The molecule has 0 radical (unpaired) electrons. The molecule has 4 aliphatic carbocycles. The minimum Gasteiger partial charge on any atom is -0.481 e. The number of carboxylic acid groups (broad SMARTS) is 1. The van der Waals surface area contributed by atoms with E-state index in [1.54, 1.807) is 0 Å². The van der Waals surface area contributed by atoms with Crippen LogP contribution in [-0.2, 0) is 4.79 Å². The van der Waals surface area contributed by atoms with Crippen LogP contribution in [0.25, 0.3) is 0 Å². The van der Waals surface area contributed by atoms with Crippen molar-refractivity contribution in [3.63, 3.8) is 0 Å². The standard InChI is InChI=1S/C22H32O4/c1-13-10-14-16-7-9-22(26,12-18(24)25)21(16,3)11-17(23)19(14)20(2)8-5-4-6-15(13)20/h5-6,8,13-14,16-17,19,23,26H,4,7,9-12H2,1-3H3,(H,24,25)/t13-,14-,16-,17-,19+,20-,21-,22-/m0/s1. The molecule has 0 heterocycles. The molecule has 0 aromatic rings. The predicted octanol–water partition coefficient (Wildman–Crippen LogP) is 3.54. The summed E-state index contributed by atoms with van der Waals surface area (Å²) in [4.78, 5) is 11.4. The van der Waals surface area contributed by atoms with Gasteiger partial charge in [-0.15, -0.1) is 0 Å². The molecule has 0 amide bonds. The molecule has 4 nitrogen and oxygen atoms in total. The van der Waals surface area contributed by atoms with E-state index in [4.69, 9.17) is 0 Å². The first-order valence-corrected chi connectivity index (χ1v) is 10.1. The topological polar surface area (TPSA) is 77.8 Å². The molecular weight excluding hydrogens is 328 g/mol. The molecule has 4 heteroatoms. The number of aliphatic hydroxyl groups excluding tert-OH is 1. The Morgan fingerprint density at radius 2 is 2.08 bits per heavy atom. The fraction of sp³-hybridized carbons (Fsp3) is 0.773. The monoisotopic (exact) mass is 360 g/mol. The molecule has 4 aliphatic rings. The van der Waals surface area contributed by atoms with Gasteiger partial charge in [-0.1, -0.05) is 44.6 Å². The van der Waals surface area contributed by atoms with Crippen molar-refractivity contribution in [2.24, 2.45) is 34.5 Å². The summed E-state index contributed by atoms with van der Waals surface area (Å²) in [7, 11) is 0. The summed E-state index contributed by atoms with van der Waals surface area (Å²) in [6.45, 7) is 6.59. The largest absolute Gasteiger partial charge is 0.481 e. The van der Waals surface area contributed by atoms with Gasteiger partial charge in [0.15, 0.2) is 0 Å². The van der Waals surface area contributed by atoms with Crippen LogP contribution in [0, 0.1) is 34.5 Å². The molecule has 3 saturated carbocycles. The Morgan fingerprint density at radius 3 is 2.77 bits per heavy atom. The van der Waals surface area contributed by atoms with Gasteiger partial charge < -0.3 is 15.3 Å². The van der Waals surface area contributed by atoms with E-state index in [2.05, 4.69) is 32.1 Å². The molecule has 0 aromatic carbocycles. The van der Waals surface area contributed by atoms with Crippen molar-refractivity contribution in [3.05, 3.63) is 23.8 Å². The van der Waals surface area contributed by atoms with Crippen molar-refractivity contribution < 1.29 is 20.1 Å². The Labute approximate surface area is 156 Å². The van der Waals surface area contributed by atoms with Crippen LogP contribution in [0.5, 0.6) is 0 Å². The Bertz CT molecular complexity index is 682. The predicted molar refractivity (Wildman–Crippen MR) is 99.4 cm³/mol. The summed E-state index contributed by atoms with van der Waals surface area (Å²) in [5.74, 6) is 0.277. The molecule has 0 bridgehead atoms. The van der Waals surface area contributed by atoms with E-state index < -0.39 is 23.1 Å². The molecule has 0 aliphatic heterocycles. The van der Waals surface area contributed by atoms with E-state index in [-0.39, 0.29) is 23.7 Å². The first-order valence-electron chi connectivity index (χ1n) is 10.1. The highest BCUT2D eigenvalue weighted by molar-refractivity contribution is 5.68. The molecule has 8 atom stereocenters. The van der Waals surface area contributed by atoms with Crippen LogP contribution in [0.3, 0.4) is 0 Å². The number of carbonyl (C=O) groups is 1. The Hall–Kier alpha value is -1.13. The minimum absolute atomic E-state index is 0.116. The lowest BCUT2D eigenvalue weighted by Crippen LogP contribution is -2.60. The number of allylic oxidation sites excluding steroid dienone is 4. The SMILES string of the molecule is C[C@H]1C[C@@H]2[C@H]([C@@H](O)C[C@@]3(C)[C@H]2CC[C@]3(O)CC(=O)O)[C@@]2(C)C=CCC=C12. The van der Waals surface area contributed by atoms with Crippen LogP contribution >= 0.6 is 0 Å². The molecule has 26 heavy (non-hydrogen) atoms. The second-order valence-corrected chi connectivity index (χ2v) is 9.84. The third-order valence-electron chi connectivity index (χ3n) is 8.63. The minimum atomic E-state index is -1.21. The van der Waals surface area contributed by atoms with Gasteiger partial charge >= 0.3 is 5.97 Å². The quantitative estimate of drug-likeness (QED) is 0.658. The Kier molecular flexibility index (Phi) is 3.99. The van der Waals surface area contributed by atoms with Crippen molar-refractivity contribution >= 4 is 5.97 Å². The molecule has 0 spiro atoms. The highest BCUT2D eigenvalue weighted by atomic mass is 16.4. The number of hydrogen-bond donors (Lipinski definition) is 3. The van der Waals surface area contributed by atoms with E-state index in [1.165, 1.54) is 5.57 Å². The summed E-state index contributed by atoms with van der Waals surface area (Å²) in [5, 5.41) is 31.9. The second-order valence-electron chi connectivity index (χ2n) is 9.84. The van der Waals surface area contributed by atoms with Gasteiger partial charge in [-0.25, -0.2) is 0 Å². The molecule has 144 valence electrons. The van der Waals surface area contributed by atoms with Crippen molar-refractivity contribution in [1.82, 2.24) is 0 Å². The van der Waals surface area contributed by atoms with Crippen molar-refractivity contribution in [2.75, 3.05) is 0 Å². The van der Waals surface area contributed by atoms with Crippen molar-refractivity contribution in [1.29, 1.82) is 0 Å². The van der Waals surface area contributed by atoms with E-state index in [1.807, 2.05) is 6.92 Å². The average Bonchev–Trinajstić information content (AvgIpc) is 2.77. The fourth-order valence-electron chi connectivity index (χ4n) is 7.56. The van der Waals surface area contributed by atoms with Crippen molar-refractivity contribution in [2.45, 2.75) is 71.0 Å². The van der Waals surface area contributed by atoms with Gasteiger partial charge in [0.2, 0.25) is 0 Å². The van der Waals surface area contributed by atoms with E-state index >= 15 is 0 Å². The zero-order valence-electron chi connectivity index (χ0n) is 16.1. The lowest BCUT2D eigenvalue weighted by Gasteiger charge is -2.61. The first kappa shape index (κ1) is 18.2. The van der Waals surface area contributed by atoms with Crippen LogP contribution in [-0.4, -0.2) is 33.0 Å². The zero-order valence-corrected chi connectivity index (χ0v) is 16.1. The first-order chi connectivity index (χ1) is 12.1. The highest BCUT2D eigenvalue weighted by Crippen LogP contribution is 2.68. The number of aliphatic hydroxyl groups is 2. The second kappa shape index (κ2) is 5.68. The smallest absolute Gasteiger partial charge is 0.306 e. The molecular formula is C22H32O4. The molecule has 3 fully saturated rings. The maximum absolute atomic E-state index is 11.4. The summed E-state index contributed by atoms with van der Waals surface area (Å²) >= 11 is 0. The Balaban J connectivity index is 1.75. The van der Waals surface area contributed by atoms with Gasteiger partial charge in [-0.3, -0.25) is 4.79 Å². The summed E-state index contributed by atoms with van der Waals surface area (Å²) < 4.78 is 0. The molecule has 0 saturated heterocycles. The summed E-state index contributed by atoms with van der Waals surface area (Å²) in [5.41, 5.74) is -0.392. The number of fused-ring (bicyclic) bond motifs is 5. The van der Waals surface area contributed by atoms with Crippen LogP contribution < -0.4 is 0 Å². The number of aliphatic carboxylic acids is 1. The van der Waals surface area contributed by atoms with Gasteiger partial charge in [0.1, 0.15) is 0 Å². The van der Waals surface area contributed by atoms with E-state index in [9.17, 15) is 20.1 Å². The fourth-order valence-corrected chi connectivity index (χ4v) is 7.56. The van der Waals surface area contributed by atoms with Crippen LogP contribution in [0.2, 0.25) is 0 Å². The zero-order chi connectivity index (χ0) is 18.9. The van der Waals surface area contributed by atoms with E-state index in [0.29, 0.717) is 24.7 Å². The number of rotatable bonds is 2. The molecule has 3 N–H and O–H groups in total. The third-order valence-corrected chi connectivity index (χ3v) is 8.63. The van der Waals surface area contributed by atoms with Crippen molar-refractivity contribution in [3.8, 4) is 0 Å². The lowest BCUT2D eigenvalue weighted by atomic mass is 9.45. The summed E-state index contributed by atoms with van der Waals surface area (Å²) in [6, 6.07) is 0. The highest BCUT2D eigenvalue weighted by Gasteiger charge is 2.66. The van der Waals surface area contributed by atoms with Crippen LogP contribution in [0.15, 0.2) is 23.8 Å². The maximum Gasteiger partial charge on any atom is 0.306 e. The lowest BCUT2D eigenvalue weighted by molar-refractivity contribution is -0.177. The third kappa shape index (κ3) is 2.24. The molecule has 4 rings (SSSR count). The van der Waals surface area contributed by atoms with Crippen LogP contribution in [0.1, 0.15) is 59.3 Å². The van der Waals surface area contributed by atoms with Gasteiger partial charge in [0, 0.05) is 16.7 Å². The van der Waals surface area contributed by atoms with Gasteiger partial charge in [-0.2, -0.15) is 0 Å².